The third-order valence-corrected chi connectivity index (χ3v) is 4.03. The van der Waals surface area contributed by atoms with Crippen molar-refractivity contribution >= 4 is 5.97 Å². The van der Waals surface area contributed by atoms with E-state index in [9.17, 15) is 4.79 Å². The average molecular weight is 297 g/mol. The summed E-state index contributed by atoms with van der Waals surface area (Å²) in [6, 6.07) is 0. The van der Waals surface area contributed by atoms with Gasteiger partial charge in [-0.3, -0.25) is 4.79 Å². The predicted octanol–water partition coefficient (Wildman–Crippen LogP) is 2.63. The first kappa shape index (κ1) is 17.6. The molecule has 0 aliphatic carbocycles. The van der Waals surface area contributed by atoms with Crippen molar-refractivity contribution in [3.63, 3.8) is 0 Å². The summed E-state index contributed by atoms with van der Waals surface area (Å²) < 4.78 is 7.65. The van der Waals surface area contributed by atoms with Gasteiger partial charge in [0.25, 0.3) is 0 Å². The molecule has 120 valence electrons. The molecule has 0 saturated heterocycles. The Morgan fingerprint density at radius 3 is 2.76 bits per heavy atom. The summed E-state index contributed by atoms with van der Waals surface area (Å²) in [5.74, 6) is -0.779. The summed E-state index contributed by atoms with van der Waals surface area (Å²) in [4.78, 5) is 10.5. The Morgan fingerprint density at radius 2 is 2.24 bits per heavy atom. The number of rotatable bonds is 10. The highest BCUT2D eigenvalue weighted by atomic mass is 16.5. The van der Waals surface area contributed by atoms with Crippen LogP contribution in [0.25, 0.3) is 0 Å². The van der Waals surface area contributed by atoms with Crippen LogP contribution in [0.15, 0.2) is 6.20 Å². The molecule has 0 amide bonds. The van der Waals surface area contributed by atoms with Crippen molar-refractivity contribution in [3.05, 3.63) is 11.9 Å². The third kappa shape index (κ3) is 5.46. The normalized spacial score (nSPS) is 15.6. The minimum atomic E-state index is -0.779. The molecule has 0 spiro atoms. The van der Waals surface area contributed by atoms with Crippen LogP contribution in [0.5, 0.6) is 0 Å². The van der Waals surface area contributed by atoms with E-state index in [0.29, 0.717) is 13.0 Å². The summed E-state index contributed by atoms with van der Waals surface area (Å²) in [5.41, 5.74) is 0.873. The first-order chi connectivity index (χ1) is 9.91. The maximum atomic E-state index is 10.5. The molecule has 6 heteroatoms. The van der Waals surface area contributed by atoms with E-state index in [1.54, 1.807) is 0 Å². The van der Waals surface area contributed by atoms with Crippen molar-refractivity contribution in [1.29, 1.82) is 0 Å². The molecule has 0 bridgehead atoms. The summed E-state index contributed by atoms with van der Waals surface area (Å²) in [7, 11) is 0. The minimum absolute atomic E-state index is 0.0378. The van der Waals surface area contributed by atoms with Crippen molar-refractivity contribution in [2.45, 2.75) is 71.4 Å². The smallest absolute Gasteiger partial charge is 0.303 e. The van der Waals surface area contributed by atoms with Crippen molar-refractivity contribution in [2.24, 2.45) is 0 Å². The van der Waals surface area contributed by atoms with Gasteiger partial charge in [0, 0.05) is 19.2 Å². The molecular weight excluding hydrogens is 270 g/mol. The minimum Gasteiger partial charge on any atom is -0.481 e. The molecule has 0 aliphatic heterocycles. The lowest BCUT2D eigenvalue weighted by Crippen LogP contribution is -2.32. The van der Waals surface area contributed by atoms with Crippen LogP contribution in [0.3, 0.4) is 0 Å². The number of carbonyl (C=O) groups is 1. The molecule has 21 heavy (non-hydrogen) atoms. The van der Waals surface area contributed by atoms with Crippen LogP contribution in [0.1, 0.15) is 59.1 Å². The first-order valence-corrected chi connectivity index (χ1v) is 7.66. The number of aliphatic carboxylic acids is 1. The van der Waals surface area contributed by atoms with E-state index >= 15 is 0 Å². The molecule has 0 saturated carbocycles. The highest BCUT2D eigenvalue weighted by Crippen LogP contribution is 2.24. The van der Waals surface area contributed by atoms with Gasteiger partial charge < -0.3 is 9.84 Å². The lowest BCUT2D eigenvalue weighted by atomic mass is 9.95. The fourth-order valence-corrected chi connectivity index (χ4v) is 2.07. The standard InChI is InChI=1S/C15H27N3O3/c1-5-13-11-18(17-16-13)15(4,6-2)9-10-21-12(3)7-8-14(19)20/h11-12H,5-10H2,1-4H3,(H,19,20). The second-order valence-corrected chi connectivity index (χ2v) is 5.72. The summed E-state index contributed by atoms with van der Waals surface area (Å²) >= 11 is 0. The van der Waals surface area contributed by atoms with Crippen LogP contribution in [0, 0.1) is 0 Å². The van der Waals surface area contributed by atoms with Gasteiger partial charge in [-0.15, -0.1) is 5.10 Å². The third-order valence-electron chi connectivity index (χ3n) is 4.03. The van der Waals surface area contributed by atoms with Crippen LogP contribution in [-0.2, 0) is 21.5 Å². The van der Waals surface area contributed by atoms with E-state index in [2.05, 4.69) is 31.1 Å². The van der Waals surface area contributed by atoms with Crippen LogP contribution in [-0.4, -0.2) is 38.8 Å². The highest BCUT2D eigenvalue weighted by molar-refractivity contribution is 5.66. The van der Waals surface area contributed by atoms with Gasteiger partial charge in [0.05, 0.1) is 17.3 Å². The quantitative estimate of drug-likeness (QED) is 0.718. The molecule has 1 rings (SSSR count). The Balaban J connectivity index is 2.48. The number of aromatic nitrogens is 3. The Morgan fingerprint density at radius 1 is 1.52 bits per heavy atom. The Labute approximate surface area is 126 Å². The maximum absolute atomic E-state index is 10.5. The Hall–Kier alpha value is -1.43. The van der Waals surface area contributed by atoms with Gasteiger partial charge in [0.15, 0.2) is 0 Å². The van der Waals surface area contributed by atoms with Gasteiger partial charge in [-0.1, -0.05) is 19.1 Å². The van der Waals surface area contributed by atoms with Crippen molar-refractivity contribution in [1.82, 2.24) is 15.0 Å². The number of hydrogen-bond donors (Lipinski definition) is 1. The van der Waals surface area contributed by atoms with E-state index in [1.807, 2.05) is 17.8 Å². The summed E-state index contributed by atoms with van der Waals surface area (Å²) in [5, 5.41) is 17.0. The first-order valence-electron chi connectivity index (χ1n) is 7.66. The molecule has 0 radical (unpaired) electrons. The number of ether oxygens (including phenoxy) is 1. The predicted molar refractivity (Wildman–Crippen MR) is 80.2 cm³/mol. The maximum Gasteiger partial charge on any atom is 0.303 e. The van der Waals surface area contributed by atoms with Crippen LogP contribution < -0.4 is 0 Å². The molecule has 1 aromatic rings. The van der Waals surface area contributed by atoms with Gasteiger partial charge in [0.1, 0.15) is 0 Å². The molecule has 6 nitrogen and oxygen atoms in total. The monoisotopic (exact) mass is 297 g/mol. The second kappa shape index (κ2) is 8.12. The van der Waals surface area contributed by atoms with E-state index in [0.717, 1.165) is 25.0 Å². The molecular formula is C15H27N3O3. The van der Waals surface area contributed by atoms with E-state index in [-0.39, 0.29) is 18.1 Å². The van der Waals surface area contributed by atoms with Gasteiger partial charge in [0.2, 0.25) is 0 Å². The van der Waals surface area contributed by atoms with Crippen LogP contribution in [0.2, 0.25) is 0 Å². The van der Waals surface area contributed by atoms with E-state index < -0.39 is 5.97 Å². The van der Waals surface area contributed by atoms with Crippen molar-refractivity contribution < 1.29 is 14.6 Å². The van der Waals surface area contributed by atoms with Gasteiger partial charge in [-0.05, 0) is 39.5 Å². The number of nitrogens with zero attached hydrogens (tertiary/aromatic N) is 3. The van der Waals surface area contributed by atoms with E-state index in [1.165, 1.54) is 0 Å². The molecule has 0 aromatic carbocycles. The average Bonchev–Trinajstić information content (AvgIpc) is 2.94. The molecule has 1 aromatic heterocycles. The number of hydrogen-bond acceptors (Lipinski definition) is 4. The van der Waals surface area contributed by atoms with Gasteiger partial charge in [-0.25, -0.2) is 4.68 Å². The number of aryl methyl sites for hydroxylation is 1. The fourth-order valence-electron chi connectivity index (χ4n) is 2.07. The molecule has 0 aliphatic rings. The summed E-state index contributed by atoms with van der Waals surface area (Å²) in [6.07, 6.45) is 5.29. The molecule has 2 atom stereocenters. The lowest BCUT2D eigenvalue weighted by molar-refractivity contribution is -0.137. The van der Waals surface area contributed by atoms with Crippen LogP contribution in [0.4, 0.5) is 0 Å². The van der Waals surface area contributed by atoms with E-state index in [4.69, 9.17) is 9.84 Å². The molecule has 1 N–H and O–H groups in total. The van der Waals surface area contributed by atoms with Crippen molar-refractivity contribution in [3.8, 4) is 0 Å². The number of carboxylic acids is 1. The molecule has 0 fully saturated rings. The Kier molecular flexibility index (Phi) is 6.81. The number of carboxylic acid groups (broad SMARTS) is 1. The largest absolute Gasteiger partial charge is 0.481 e. The fraction of sp³-hybridized carbons (Fsp3) is 0.800. The van der Waals surface area contributed by atoms with Gasteiger partial charge >= 0.3 is 5.97 Å². The zero-order valence-electron chi connectivity index (χ0n) is 13.5. The van der Waals surface area contributed by atoms with Crippen LogP contribution >= 0.6 is 0 Å². The zero-order valence-corrected chi connectivity index (χ0v) is 13.5. The van der Waals surface area contributed by atoms with Crippen molar-refractivity contribution in [2.75, 3.05) is 6.61 Å². The second-order valence-electron chi connectivity index (χ2n) is 5.72. The van der Waals surface area contributed by atoms with Gasteiger partial charge in [-0.2, -0.15) is 0 Å². The Bertz CT molecular complexity index is 447. The molecule has 1 heterocycles. The highest BCUT2D eigenvalue weighted by Gasteiger charge is 2.26. The summed E-state index contributed by atoms with van der Waals surface area (Å²) in [6.45, 7) is 8.84. The lowest BCUT2D eigenvalue weighted by Gasteiger charge is -2.28. The zero-order chi connectivity index (χ0) is 15.9. The topological polar surface area (TPSA) is 77.2 Å². The SMILES string of the molecule is CCc1cn(C(C)(CC)CCOC(C)CCC(=O)O)nn1. The molecule has 2 unspecified atom stereocenters.